The van der Waals surface area contributed by atoms with E-state index in [2.05, 4.69) is 44.7 Å². The Morgan fingerprint density at radius 3 is 2.24 bits per heavy atom. The van der Waals surface area contributed by atoms with Crippen molar-refractivity contribution in [3.8, 4) is 5.69 Å². The van der Waals surface area contributed by atoms with Crippen LogP contribution in [0.2, 0.25) is 0 Å². The van der Waals surface area contributed by atoms with Gasteiger partial charge in [0.05, 0.1) is 5.69 Å². The Morgan fingerprint density at radius 1 is 1.00 bits per heavy atom. The predicted octanol–water partition coefficient (Wildman–Crippen LogP) is 1.57. The molecular formula is C12H15N5. The quantitative estimate of drug-likeness (QED) is 0.784. The molecule has 5 heteroatoms. The molecule has 1 aliphatic heterocycles. The van der Waals surface area contributed by atoms with Crippen LogP contribution in [0.1, 0.15) is 18.7 Å². The van der Waals surface area contributed by atoms with Gasteiger partial charge in [-0.25, -0.2) is 0 Å². The van der Waals surface area contributed by atoms with Gasteiger partial charge < -0.3 is 4.90 Å². The van der Waals surface area contributed by atoms with Gasteiger partial charge in [0, 0.05) is 18.8 Å². The van der Waals surface area contributed by atoms with E-state index in [1.165, 1.54) is 31.6 Å². The lowest BCUT2D eigenvalue weighted by Crippen LogP contribution is -2.17. The van der Waals surface area contributed by atoms with Crippen LogP contribution in [-0.2, 0) is 0 Å². The van der Waals surface area contributed by atoms with Gasteiger partial charge in [0.15, 0.2) is 5.82 Å². The Morgan fingerprint density at radius 2 is 1.65 bits per heavy atom. The van der Waals surface area contributed by atoms with Crippen molar-refractivity contribution >= 4 is 5.69 Å². The van der Waals surface area contributed by atoms with Crippen molar-refractivity contribution in [3.05, 3.63) is 30.1 Å². The summed E-state index contributed by atoms with van der Waals surface area (Å²) in [5.41, 5.74) is 2.30. The average molecular weight is 229 g/mol. The minimum absolute atomic E-state index is 0.805. The van der Waals surface area contributed by atoms with Gasteiger partial charge in [0.1, 0.15) is 0 Å². The van der Waals surface area contributed by atoms with Crippen molar-refractivity contribution in [3.63, 3.8) is 0 Å². The minimum Gasteiger partial charge on any atom is -0.372 e. The highest BCUT2D eigenvalue weighted by atomic mass is 15.5. The lowest BCUT2D eigenvalue weighted by Gasteiger charge is -2.17. The van der Waals surface area contributed by atoms with Gasteiger partial charge >= 0.3 is 0 Å². The number of anilines is 1. The monoisotopic (exact) mass is 229 g/mol. The molecule has 0 aliphatic carbocycles. The van der Waals surface area contributed by atoms with E-state index in [1.807, 2.05) is 6.92 Å². The Balaban J connectivity index is 1.87. The van der Waals surface area contributed by atoms with Crippen molar-refractivity contribution in [2.24, 2.45) is 0 Å². The summed E-state index contributed by atoms with van der Waals surface area (Å²) in [6, 6.07) is 8.41. The van der Waals surface area contributed by atoms with Crippen LogP contribution in [0.5, 0.6) is 0 Å². The van der Waals surface area contributed by atoms with E-state index in [0.717, 1.165) is 11.5 Å². The minimum atomic E-state index is 0.805. The molecule has 1 saturated heterocycles. The largest absolute Gasteiger partial charge is 0.372 e. The van der Waals surface area contributed by atoms with Crippen molar-refractivity contribution in [2.45, 2.75) is 19.8 Å². The van der Waals surface area contributed by atoms with Crippen molar-refractivity contribution in [2.75, 3.05) is 18.0 Å². The SMILES string of the molecule is Cc1nnnn1-c1ccc(N2CCCC2)cc1. The first-order chi connectivity index (χ1) is 8.34. The van der Waals surface area contributed by atoms with E-state index in [1.54, 1.807) is 4.68 Å². The number of nitrogens with zero attached hydrogens (tertiary/aromatic N) is 5. The van der Waals surface area contributed by atoms with E-state index < -0.39 is 0 Å². The number of hydrogen-bond donors (Lipinski definition) is 0. The fourth-order valence-electron chi connectivity index (χ4n) is 2.25. The molecule has 0 unspecified atom stereocenters. The molecule has 3 rings (SSSR count). The van der Waals surface area contributed by atoms with Gasteiger partial charge in [-0.3, -0.25) is 0 Å². The number of rotatable bonds is 2. The summed E-state index contributed by atoms with van der Waals surface area (Å²) in [6.07, 6.45) is 2.60. The Kier molecular flexibility index (Phi) is 2.51. The highest BCUT2D eigenvalue weighted by Gasteiger charge is 2.12. The van der Waals surface area contributed by atoms with Gasteiger partial charge in [-0.1, -0.05) is 0 Å². The Hall–Kier alpha value is -1.91. The second kappa shape index (κ2) is 4.16. The zero-order valence-corrected chi connectivity index (χ0v) is 9.87. The summed E-state index contributed by atoms with van der Waals surface area (Å²) < 4.78 is 1.74. The van der Waals surface area contributed by atoms with Crippen LogP contribution < -0.4 is 4.90 Å². The third kappa shape index (κ3) is 1.88. The van der Waals surface area contributed by atoms with Crippen LogP contribution in [0, 0.1) is 6.92 Å². The van der Waals surface area contributed by atoms with Crippen molar-refractivity contribution in [1.29, 1.82) is 0 Å². The summed E-state index contributed by atoms with van der Waals surface area (Å²) in [4.78, 5) is 2.41. The summed E-state index contributed by atoms with van der Waals surface area (Å²) in [5, 5.41) is 11.5. The highest BCUT2D eigenvalue weighted by Crippen LogP contribution is 2.21. The first kappa shape index (κ1) is 10.3. The van der Waals surface area contributed by atoms with Crippen molar-refractivity contribution in [1.82, 2.24) is 20.2 Å². The van der Waals surface area contributed by atoms with Crippen LogP contribution in [0.3, 0.4) is 0 Å². The van der Waals surface area contributed by atoms with E-state index in [0.29, 0.717) is 0 Å². The molecule has 0 bridgehead atoms. The van der Waals surface area contributed by atoms with Gasteiger partial charge in [0.25, 0.3) is 0 Å². The zero-order chi connectivity index (χ0) is 11.7. The molecule has 0 atom stereocenters. The van der Waals surface area contributed by atoms with Crippen LogP contribution in [0.4, 0.5) is 5.69 Å². The molecule has 2 heterocycles. The molecule has 1 aliphatic rings. The molecule has 5 nitrogen and oxygen atoms in total. The Bertz CT molecular complexity index is 496. The Labute approximate surface area is 100 Å². The molecule has 0 amide bonds. The number of aryl methyl sites for hydroxylation is 1. The molecular weight excluding hydrogens is 214 g/mol. The standard InChI is InChI=1S/C12H15N5/c1-10-13-14-15-17(10)12-6-4-11(5-7-12)16-8-2-3-9-16/h4-7H,2-3,8-9H2,1H3. The molecule has 88 valence electrons. The van der Waals surface area contributed by atoms with Crippen LogP contribution in [0.15, 0.2) is 24.3 Å². The van der Waals surface area contributed by atoms with Crippen molar-refractivity contribution < 1.29 is 0 Å². The van der Waals surface area contributed by atoms with E-state index in [4.69, 9.17) is 0 Å². The fourth-order valence-corrected chi connectivity index (χ4v) is 2.25. The molecule has 0 N–H and O–H groups in total. The number of benzene rings is 1. The molecule has 0 radical (unpaired) electrons. The molecule has 1 aromatic carbocycles. The van der Waals surface area contributed by atoms with E-state index in [-0.39, 0.29) is 0 Å². The topological polar surface area (TPSA) is 46.8 Å². The summed E-state index contributed by atoms with van der Waals surface area (Å²) >= 11 is 0. The predicted molar refractivity (Wildman–Crippen MR) is 65.3 cm³/mol. The van der Waals surface area contributed by atoms with E-state index in [9.17, 15) is 0 Å². The number of hydrogen-bond acceptors (Lipinski definition) is 4. The van der Waals surface area contributed by atoms with Crippen LogP contribution >= 0.6 is 0 Å². The molecule has 1 aromatic heterocycles. The first-order valence-electron chi connectivity index (χ1n) is 5.95. The maximum absolute atomic E-state index is 3.96. The van der Waals surface area contributed by atoms with Gasteiger partial charge in [-0.05, 0) is 54.5 Å². The van der Waals surface area contributed by atoms with Gasteiger partial charge in [0.2, 0.25) is 0 Å². The van der Waals surface area contributed by atoms with Gasteiger partial charge in [-0.2, -0.15) is 4.68 Å². The summed E-state index contributed by atoms with van der Waals surface area (Å²) in [7, 11) is 0. The van der Waals surface area contributed by atoms with Crippen LogP contribution in [0.25, 0.3) is 5.69 Å². The third-order valence-electron chi connectivity index (χ3n) is 3.19. The smallest absolute Gasteiger partial charge is 0.153 e. The molecule has 0 saturated carbocycles. The molecule has 1 fully saturated rings. The first-order valence-corrected chi connectivity index (χ1v) is 5.95. The normalized spacial score (nSPS) is 15.5. The number of aromatic nitrogens is 4. The fraction of sp³-hybridized carbons (Fsp3) is 0.417. The molecule has 2 aromatic rings. The maximum Gasteiger partial charge on any atom is 0.153 e. The summed E-state index contributed by atoms with van der Waals surface area (Å²) in [5.74, 6) is 0.805. The van der Waals surface area contributed by atoms with Gasteiger partial charge in [-0.15, -0.1) is 5.10 Å². The zero-order valence-electron chi connectivity index (χ0n) is 9.87. The third-order valence-corrected chi connectivity index (χ3v) is 3.19. The lowest BCUT2D eigenvalue weighted by molar-refractivity contribution is 0.779. The van der Waals surface area contributed by atoms with Crippen LogP contribution in [-0.4, -0.2) is 33.3 Å². The second-order valence-electron chi connectivity index (χ2n) is 4.35. The van der Waals surface area contributed by atoms with E-state index >= 15 is 0 Å². The molecule has 0 spiro atoms. The highest BCUT2D eigenvalue weighted by molar-refractivity contribution is 5.51. The number of tetrazole rings is 1. The maximum atomic E-state index is 3.96. The average Bonchev–Trinajstić information content (AvgIpc) is 3.00. The second-order valence-corrected chi connectivity index (χ2v) is 4.35. The lowest BCUT2D eigenvalue weighted by atomic mass is 10.2. The summed E-state index contributed by atoms with van der Waals surface area (Å²) in [6.45, 7) is 4.24. The molecule has 17 heavy (non-hydrogen) atoms.